The van der Waals surface area contributed by atoms with Gasteiger partial charge < -0.3 is 5.11 Å². The van der Waals surface area contributed by atoms with E-state index in [-0.39, 0.29) is 5.69 Å². The first-order chi connectivity index (χ1) is 12.3. The Morgan fingerprint density at radius 1 is 1.00 bits per heavy atom. The van der Waals surface area contributed by atoms with Crippen LogP contribution in [0.15, 0.2) is 48.5 Å². The molecule has 2 aromatic carbocycles. The molecule has 4 rings (SSSR count). The third-order valence-electron chi connectivity index (χ3n) is 3.84. The van der Waals surface area contributed by atoms with E-state index in [0.29, 0.717) is 10.1 Å². The maximum absolute atomic E-state index is 13.4. The van der Waals surface area contributed by atoms with Gasteiger partial charge in [0.15, 0.2) is 5.69 Å². The van der Waals surface area contributed by atoms with Crippen LogP contribution >= 0.6 is 0 Å². The average Bonchev–Trinajstić information content (AvgIpc) is 3.04. The maximum Gasteiger partial charge on any atom is 0.433 e. The van der Waals surface area contributed by atoms with E-state index in [0.717, 1.165) is 16.8 Å². The number of hydrogen-bond acceptors (Lipinski definition) is 4. The topological polar surface area (TPSA) is 80.4 Å². The van der Waals surface area contributed by atoms with Gasteiger partial charge in [0.25, 0.3) is 11.6 Å². The molecule has 0 spiro atoms. The largest absolute Gasteiger partial charge is 0.475 e. The summed E-state index contributed by atoms with van der Waals surface area (Å²) in [5.41, 5.74) is -0.665. The molecule has 0 amide bonds. The number of halogens is 3. The second-order valence-electron chi connectivity index (χ2n) is 5.54. The third kappa shape index (κ3) is 2.63. The second-order valence-corrected chi connectivity index (χ2v) is 5.54. The number of carbonyl (C=O) groups is 1. The number of carboxylic acids is 1. The Labute approximate surface area is 143 Å². The molecule has 2 aromatic heterocycles. The number of fused-ring (bicyclic) bond motifs is 2. The van der Waals surface area contributed by atoms with E-state index >= 15 is 0 Å². The molecular weight excluding hydrogens is 349 g/mol. The van der Waals surface area contributed by atoms with Crippen LogP contribution < -0.4 is 0 Å². The smallest absolute Gasteiger partial charge is 0.433 e. The number of aromatic nitrogens is 4. The van der Waals surface area contributed by atoms with Gasteiger partial charge in [0.1, 0.15) is 0 Å². The summed E-state index contributed by atoms with van der Waals surface area (Å²) in [5.74, 6) is -2.71. The van der Waals surface area contributed by atoms with Gasteiger partial charge in [-0.05, 0) is 22.9 Å². The molecule has 6 nitrogen and oxygen atoms in total. The SMILES string of the molecule is O=C(O)c1nc2nc(-c3ccc4ccccc4c3)cc(C(F)(F)F)n2n1. The molecule has 0 saturated heterocycles. The first-order valence-corrected chi connectivity index (χ1v) is 7.40. The summed E-state index contributed by atoms with van der Waals surface area (Å²) in [5, 5.41) is 14.1. The van der Waals surface area contributed by atoms with Gasteiger partial charge in [-0.25, -0.2) is 9.78 Å². The number of alkyl halides is 3. The normalized spacial score (nSPS) is 12.0. The Morgan fingerprint density at radius 3 is 2.42 bits per heavy atom. The standard InChI is InChI=1S/C17H9F3N4O2/c18-17(19,20)13-8-12(21-16-22-14(15(25)26)23-24(13)16)11-6-5-9-3-1-2-4-10(9)7-11/h1-8H,(H,25,26). The highest BCUT2D eigenvalue weighted by Crippen LogP contribution is 2.32. The molecule has 0 bridgehead atoms. The van der Waals surface area contributed by atoms with Gasteiger partial charge in [-0.15, -0.1) is 5.10 Å². The summed E-state index contributed by atoms with van der Waals surface area (Å²) in [6.07, 6.45) is -4.75. The van der Waals surface area contributed by atoms with Crippen molar-refractivity contribution in [3.8, 4) is 11.3 Å². The predicted molar refractivity (Wildman–Crippen MR) is 85.7 cm³/mol. The molecule has 1 N–H and O–H groups in total. The van der Waals surface area contributed by atoms with Crippen LogP contribution in [0.25, 0.3) is 27.8 Å². The summed E-state index contributed by atoms with van der Waals surface area (Å²) in [4.78, 5) is 18.6. The van der Waals surface area contributed by atoms with Gasteiger partial charge in [-0.1, -0.05) is 36.4 Å². The van der Waals surface area contributed by atoms with Crippen molar-refractivity contribution in [2.24, 2.45) is 0 Å². The van der Waals surface area contributed by atoms with Gasteiger partial charge in [0.2, 0.25) is 0 Å². The van der Waals surface area contributed by atoms with E-state index in [1.807, 2.05) is 24.3 Å². The number of benzene rings is 2. The number of carboxylic acid groups (broad SMARTS) is 1. The molecule has 0 aliphatic rings. The summed E-state index contributed by atoms with van der Waals surface area (Å²) in [6, 6.07) is 13.4. The molecule has 26 heavy (non-hydrogen) atoms. The van der Waals surface area contributed by atoms with Crippen molar-refractivity contribution in [2.75, 3.05) is 0 Å². The fraction of sp³-hybridized carbons (Fsp3) is 0.0588. The molecule has 2 heterocycles. The molecule has 0 radical (unpaired) electrons. The number of aromatic carboxylic acids is 1. The fourth-order valence-electron chi connectivity index (χ4n) is 2.66. The van der Waals surface area contributed by atoms with Crippen LogP contribution in [-0.4, -0.2) is 30.7 Å². The summed E-state index contributed by atoms with van der Waals surface area (Å²) in [6.45, 7) is 0. The van der Waals surface area contributed by atoms with Gasteiger partial charge in [0, 0.05) is 5.56 Å². The third-order valence-corrected chi connectivity index (χ3v) is 3.84. The molecule has 0 saturated carbocycles. The summed E-state index contributed by atoms with van der Waals surface area (Å²) < 4.78 is 40.6. The fourth-order valence-corrected chi connectivity index (χ4v) is 2.66. The lowest BCUT2D eigenvalue weighted by molar-refractivity contribution is -0.142. The van der Waals surface area contributed by atoms with E-state index < -0.39 is 29.4 Å². The molecular formula is C17H9F3N4O2. The maximum atomic E-state index is 13.4. The number of rotatable bonds is 2. The molecule has 0 aliphatic heterocycles. The summed E-state index contributed by atoms with van der Waals surface area (Å²) >= 11 is 0. The van der Waals surface area contributed by atoms with Crippen molar-refractivity contribution >= 4 is 22.5 Å². The molecule has 0 fully saturated rings. The van der Waals surface area contributed by atoms with Gasteiger partial charge in [-0.2, -0.15) is 22.7 Å². The molecule has 0 unspecified atom stereocenters. The van der Waals surface area contributed by atoms with Crippen molar-refractivity contribution < 1.29 is 23.1 Å². The van der Waals surface area contributed by atoms with E-state index in [9.17, 15) is 18.0 Å². The monoisotopic (exact) mass is 358 g/mol. The van der Waals surface area contributed by atoms with Crippen molar-refractivity contribution in [3.63, 3.8) is 0 Å². The quantitative estimate of drug-likeness (QED) is 0.591. The Hall–Kier alpha value is -3.49. The average molecular weight is 358 g/mol. The van der Waals surface area contributed by atoms with E-state index in [4.69, 9.17) is 5.11 Å². The van der Waals surface area contributed by atoms with Crippen molar-refractivity contribution in [3.05, 3.63) is 60.0 Å². The van der Waals surface area contributed by atoms with Crippen LogP contribution in [0.3, 0.4) is 0 Å². The van der Waals surface area contributed by atoms with Crippen molar-refractivity contribution in [1.82, 2.24) is 19.6 Å². The Morgan fingerprint density at radius 2 is 1.73 bits per heavy atom. The highest BCUT2D eigenvalue weighted by Gasteiger charge is 2.36. The lowest BCUT2D eigenvalue weighted by atomic mass is 10.0. The molecule has 0 atom stereocenters. The zero-order chi connectivity index (χ0) is 18.5. The van der Waals surface area contributed by atoms with Crippen LogP contribution in [-0.2, 0) is 6.18 Å². The highest BCUT2D eigenvalue weighted by molar-refractivity contribution is 5.87. The Kier molecular flexibility index (Phi) is 3.39. The molecule has 9 heteroatoms. The lowest BCUT2D eigenvalue weighted by Gasteiger charge is -2.10. The second kappa shape index (κ2) is 5.51. The van der Waals surface area contributed by atoms with E-state index in [1.165, 1.54) is 0 Å². The van der Waals surface area contributed by atoms with Crippen molar-refractivity contribution in [1.29, 1.82) is 0 Å². The molecule has 130 valence electrons. The van der Waals surface area contributed by atoms with Gasteiger partial charge in [-0.3, -0.25) is 0 Å². The zero-order valence-electron chi connectivity index (χ0n) is 12.9. The van der Waals surface area contributed by atoms with Crippen LogP contribution in [0.4, 0.5) is 13.2 Å². The van der Waals surface area contributed by atoms with Crippen LogP contribution in [0.1, 0.15) is 16.3 Å². The van der Waals surface area contributed by atoms with Crippen LogP contribution in [0.2, 0.25) is 0 Å². The predicted octanol–water partition coefficient (Wildman–Crippen LogP) is 3.66. The van der Waals surface area contributed by atoms with Gasteiger partial charge >= 0.3 is 12.1 Å². The minimum Gasteiger partial charge on any atom is -0.475 e. The van der Waals surface area contributed by atoms with E-state index in [1.54, 1.807) is 18.2 Å². The Balaban J connectivity index is 1.98. The summed E-state index contributed by atoms with van der Waals surface area (Å²) in [7, 11) is 0. The van der Waals surface area contributed by atoms with Crippen LogP contribution in [0.5, 0.6) is 0 Å². The number of hydrogen-bond donors (Lipinski definition) is 1. The number of nitrogens with zero attached hydrogens (tertiary/aromatic N) is 4. The first kappa shape index (κ1) is 16.0. The van der Waals surface area contributed by atoms with Crippen molar-refractivity contribution in [2.45, 2.75) is 6.18 Å². The van der Waals surface area contributed by atoms with Crippen LogP contribution in [0, 0.1) is 0 Å². The molecule has 4 aromatic rings. The minimum absolute atomic E-state index is 0.0277. The zero-order valence-corrected chi connectivity index (χ0v) is 12.9. The first-order valence-electron chi connectivity index (χ1n) is 7.40. The molecule has 0 aliphatic carbocycles. The highest BCUT2D eigenvalue weighted by atomic mass is 19.4. The Bertz CT molecular complexity index is 1170. The van der Waals surface area contributed by atoms with E-state index in [2.05, 4.69) is 15.1 Å². The van der Waals surface area contributed by atoms with Gasteiger partial charge in [0.05, 0.1) is 5.69 Å². The minimum atomic E-state index is -4.75. The lowest BCUT2D eigenvalue weighted by Crippen LogP contribution is -2.14.